The van der Waals surface area contributed by atoms with Crippen molar-refractivity contribution >= 4 is 0 Å². The van der Waals surface area contributed by atoms with Crippen molar-refractivity contribution in [1.29, 1.82) is 5.26 Å². The topological polar surface area (TPSA) is 56.6 Å². The van der Waals surface area contributed by atoms with Crippen LogP contribution >= 0.6 is 0 Å². The molecule has 3 nitrogen and oxygen atoms in total. The van der Waals surface area contributed by atoms with Crippen molar-refractivity contribution in [3.05, 3.63) is 33.7 Å². The van der Waals surface area contributed by atoms with Gasteiger partial charge in [-0.25, -0.2) is 0 Å². The maximum absolute atomic E-state index is 11.0. The number of hydrogen-bond donors (Lipinski definition) is 1. The van der Waals surface area contributed by atoms with Crippen LogP contribution in [0.3, 0.4) is 0 Å². The molecule has 1 heterocycles. The maximum Gasteiger partial charge on any atom is 0.184 e. The van der Waals surface area contributed by atoms with Gasteiger partial charge in [0.1, 0.15) is 0 Å². The molecule has 56 valence electrons. The van der Waals surface area contributed by atoms with Crippen LogP contribution in [0.4, 0.5) is 0 Å². The summed E-state index contributed by atoms with van der Waals surface area (Å²) < 4.78 is 0. The van der Waals surface area contributed by atoms with Crippen molar-refractivity contribution in [3.8, 4) is 6.07 Å². The summed E-state index contributed by atoms with van der Waals surface area (Å²) in [5.74, 6) is 0. The first-order valence-corrected chi connectivity index (χ1v) is 3.30. The third-order valence-corrected chi connectivity index (χ3v) is 1.57. The lowest BCUT2D eigenvalue weighted by atomic mass is 10.2. The van der Waals surface area contributed by atoms with Crippen molar-refractivity contribution < 1.29 is 0 Å². The molecule has 0 spiro atoms. The van der Waals surface area contributed by atoms with E-state index in [0.717, 1.165) is 0 Å². The molecule has 1 aromatic heterocycles. The van der Waals surface area contributed by atoms with E-state index in [4.69, 9.17) is 5.26 Å². The molecule has 1 N–H and O–H groups in total. The van der Waals surface area contributed by atoms with Crippen molar-refractivity contribution in [1.82, 2.24) is 4.98 Å². The second-order valence-electron chi connectivity index (χ2n) is 2.28. The number of aromatic nitrogens is 1. The quantitative estimate of drug-likeness (QED) is 0.638. The zero-order chi connectivity index (χ0) is 8.27. The van der Waals surface area contributed by atoms with E-state index in [-0.39, 0.29) is 11.8 Å². The molecule has 3 heteroatoms. The molecule has 0 saturated heterocycles. The van der Waals surface area contributed by atoms with Gasteiger partial charge in [0.05, 0.1) is 12.5 Å². The van der Waals surface area contributed by atoms with Gasteiger partial charge in [-0.05, 0) is 6.92 Å². The third kappa shape index (κ3) is 1.47. The fourth-order valence-electron chi connectivity index (χ4n) is 0.863. The van der Waals surface area contributed by atoms with E-state index in [2.05, 4.69) is 4.98 Å². The van der Waals surface area contributed by atoms with Crippen molar-refractivity contribution in [2.24, 2.45) is 0 Å². The minimum absolute atomic E-state index is 0.0194. The predicted molar refractivity (Wildman–Crippen MR) is 41.1 cm³/mol. The molecule has 0 aliphatic carbocycles. The zero-order valence-electron chi connectivity index (χ0n) is 6.22. The standard InChI is InChI=1S/C8H8N2O/c1-6-7(2-4-9)10-5-3-8(6)11/h3,5H,2H2,1H3,(H,10,11). The second-order valence-corrected chi connectivity index (χ2v) is 2.28. The van der Waals surface area contributed by atoms with Crippen molar-refractivity contribution in [3.63, 3.8) is 0 Å². The number of nitriles is 1. The average molecular weight is 148 g/mol. The zero-order valence-corrected chi connectivity index (χ0v) is 6.22. The Kier molecular flexibility index (Phi) is 2.07. The Hall–Kier alpha value is -1.56. The number of pyridine rings is 1. The summed E-state index contributed by atoms with van der Waals surface area (Å²) >= 11 is 0. The Bertz CT molecular complexity index is 346. The first-order chi connectivity index (χ1) is 5.25. The van der Waals surface area contributed by atoms with Crippen molar-refractivity contribution in [2.75, 3.05) is 0 Å². The molecule has 0 unspecified atom stereocenters. The molecular weight excluding hydrogens is 140 g/mol. The number of H-pyrrole nitrogens is 1. The number of nitrogens with one attached hydrogen (secondary N) is 1. The van der Waals surface area contributed by atoms with Gasteiger partial charge in [0.15, 0.2) is 5.43 Å². The monoisotopic (exact) mass is 148 g/mol. The van der Waals surface area contributed by atoms with E-state index < -0.39 is 0 Å². The molecule has 0 aromatic carbocycles. The maximum atomic E-state index is 11.0. The molecule has 0 atom stereocenters. The Morgan fingerprint density at radius 3 is 3.09 bits per heavy atom. The molecule has 1 rings (SSSR count). The molecule has 11 heavy (non-hydrogen) atoms. The Labute approximate surface area is 64.3 Å². The van der Waals surface area contributed by atoms with Crippen LogP contribution in [0.1, 0.15) is 11.3 Å². The molecule has 0 amide bonds. The molecule has 1 aromatic rings. The lowest BCUT2D eigenvalue weighted by Gasteiger charge is -1.97. The third-order valence-electron chi connectivity index (χ3n) is 1.57. The first-order valence-electron chi connectivity index (χ1n) is 3.30. The van der Waals surface area contributed by atoms with E-state index in [1.54, 1.807) is 13.1 Å². The lowest BCUT2D eigenvalue weighted by molar-refractivity contribution is 1.06. The Morgan fingerprint density at radius 2 is 2.45 bits per heavy atom. The van der Waals surface area contributed by atoms with E-state index in [0.29, 0.717) is 11.3 Å². The average Bonchev–Trinajstić information content (AvgIpc) is 1.99. The molecule has 0 aliphatic rings. The molecular formula is C8H8N2O. The highest BCUT2D eigenvalue weighted by molar-refractivity contribution is 5.20. The molecule has 0 fully saturated rings. The van der Waals surface area contributed by atoms with E-state index in [1.807, 2.05) is 6.07 Å². The van der Waals surface area contributed by atoms with Gasteiger partial charge in [0.25, 0.3) is 0 Å². The van der Waals surface area contributed by atoms with E-state index in [1.165, 1.54) is 6.07 Å². The summed E-state index contributed by atoms with van der Waals surface area (Å²) in [5.41, 5.74) is 1.32. The van der Waals surface area contributed by atoms with Gasteiger partial charge in [-0.15, -0.1) is 0 Å². The summed E-state index contributed by atoms with van der Waals surface area (Å²) in [6.07, 6.45) is 1.82. The van der Waals surface area contributed by atoms with Crippen molar-refractivity contribution in [2.45, 2.75) is 13.3 Å². The minimum Gasteiger partial charge on any atom is -0.364 e. The number of nitrogens with zero attached hydrogens (tertiary/aromatic N) is 1. The summed E-state index contributed by atoms with van der Waals surface area (Å²) in [6.45, 7) is 1.71. The van der Waals surface area contributed by atoms with E-state index in [9.17, 15) is 4.79 Å². The summed E-state index contributed by atoms with van der Waals surface area (Å²) in [4.78, 5) is 13.8. The normalized spacial score (nSPS) is 9.09. The van der Waals surface area contributed by atoms with Gasteiger partial charge in [-0.3, -0.25) is 4.79 Å². The smallest absolute Gasteiger partial charge is 0.184 e. The van der Waals surface area contributed by atoms with Gasteiger partial charge in [-0.1, -0.05) is 0 Å². The Morgan fingerprint density at radius 1 is 1.73 bits per heavy atom. The highest BCUT2D eigenvalue weighted by Gasteiger charge is 1.99. The molecule has 0 bridgehead atoms. The van der Waals surface area contributed by atoms with Gasteiger partial charge in [-0.2, -0.15) is 5.26 Å². The second kappa shape index (κ2) is 3.02. The summed E-state index contributed by atoms with van der Waals surface area (Å²) in [5, 5.41) is 8.36. The van der Waals surface area contributed by atoms with Crippen LogP contribution in [0.5, 0.6) is 0 Å². The molecule has 0 radical (unpaired) electrons. The van der Waals surface area contributed by atoms with Crippen LogP contribution < -0.4 is 5.43 Å². The fraction of sp³-hybridized carbons (Fsp3) is 0.250. The molecule has 0 saturated carbocycles. The number of rotatable bonds is 1. The number of hydrogen-bond acceptors (Lipinski definition) is 2. The largest absolute Gasteiger partial charge is 0.364 e. The fourth-order valence-corrected chi connectivity index (χ4v) is 0.863. The Balaban J connectivity index is 3.19. The SMILES string of the molecule is Cc1c(CC#N)[nH]ccc1=O. The van der Waals surface area contributed by atoms with Crippen LogP contribution in [0.2, 0.25) is 0 Å². The van der Waals surface area contributed by atoms with Gasteiger partial charge in [0, 0.05) is 23.5 Å². The summed E-state index contributed by atoms with van der Waals surface area (Å²) in [6, 6.07) is 3.44. The predicted octanol–water partition coefficient (Wildman–Crippen LogP) is 0.749. The van der Waals surface area contributed by atoms with Crippen LogP contribution in [-0.4, -0.2) is 4.98 Å². The number of aromatic amines is 1. The van der Waals surface area contributed by atoms with Crippen LogP contribution in [0, 0.1) is 18.3 Å². The van der Waals surface area contributed by atoms with Crippen LogP contribution in [0.15, 0.2) is 17.1 Å². The van der Waals surface area contributed by atoms with E-state index >= 15 is 0 Å². The van der Waals surface area contributed by atoms with Gasteiger partial charge < -0.3 is 4.98 Å². The van der Waals surface area contributed by atoms with Crippen LogP contribution in [-0.2, 0) is 6.42 Å². The minimum atomic E-state index is -0.0194. The highest BCUT2D eigenvalue weighted by Crippen LogP contribution is 1.96. The van der Waals surface area contributed by atoms with Crippen LogP contribution in [0.25, 0.3) is 0 Å². The summed E-state index contributed by atoms with van der Waals surface area (Å²) in [7, 11) is 0. The van der Waals surface area contributed by atoms with Gasteiger partial charge >= 0.3 is 0 Å². The lowest BCUT2D eigenvalue weighted by Crippen LogP contribution is -2.07. The molecule has 0 aliphatic heterocycles. The first kappa shape index (κ1) is 7.55. The van der Waals surface area contributed by atoms with Gasteiger partial charge in [0.2, 0.25) is 0 Å². The highest BCUT2D eigenvalue weighted by atomic mass is 16.1.